The van der Waals surface area contributed by atoms with Crippen LogP contribution in [0.25, 0.3) is 0 Å². The first-order chi connectivity index (χ1) is 8.00. The van der Waals surface area contributed by atoms with Crippen LogP contribution in [0.15, 0.2) is 18.2 Å². The third-order valence-electron chi connectivity index (χ3n) is 2.76. The van der Waals surface area contributed by atoms with E-state index in [1.54, 1.807) is 23.1 Å². The second-order valence-corrected chi connectivity index (χ2v) is 4.38. The summed E-state index contributed by atoms with van der Waals surface area (Å²) in [4.78, 5) is 24.8. The van der Waals surface area contributed by atoms with Crippen molar-refractivity contribution < 1.29 is 14.3 Å². The molecule has 0 aromatic heterocycles. The minimum atomic E-state index is -0.0757. The number of rotatable bonds is 2. The lowest BCUT2D eigenvalue weighted by Crippen LogP contribution is -2.43. The van der Waals surface area contributed by atoms with Crippen LogP contribution in [0, 0.1) is 0 Å². The Balaban J connectivity index is 2.52. The molecule has 0 atom stereocenters. The number of ketones is 1. The molecule has 2 rings (SSSR count). The number of anilines is 1. The van der Waals surface area contributed by atoms with Crippen LogP contribution in [0.5, 0.6) is 5.75 Å². The molecule has 0 bridgehead atoms. The first kappa shape index (κ1) is 11.6. The maximum Gasteiger partial charge on any atom is 0.265 e. The van der Waals surface area contributed by atoms with Crippen LogP contribution in [-0.4, -0.2) is 24.3 Å². The molecule has 0 saturated carbocycles. The van der Waals surface area contributed by atoms with Gasteiger partial charge in [0.1, 0.15) is 5.75 Å². The number of nitrogens with zero attached hydrogens (tertiary/aromatic N) is 1. The van der Waals surface area contributed by atoms with Gasteiger partial charge in [0.25, 0.3) is 5.91 Å². The zero-order valence-corrected chi connectivity index (χ0v) is 10.2. The predicted octanol–water partition coefficient (Wildman–Crippen LogP) is 2.02. The molecule has 90 valence electrons. The zero-order valence-electron chi connectivity index (χ0n) is 10.2. The first-order valence-corrected chi connectivity index (χ1v) is 5.60. The molecule has 0 spiro atoms. The van der Waals surface area contributed by atoms with Gasteiger partial charge in [0.15, 0.2) is 12.4 Å². The average Bonchev–Trinajstić information content (AvgIpc) is 2.27. The maximum atomic E-state index is 11.8. The number of benzene rings is 1. The summed E-state index contributed by atoms with van der Waals surface area (Å²) in [6.07, 6.45) is 0. The quantitative estimate of drug-likeness (QED) is 0.734. The van der Waals surface area contributed by atoms with E-state index in [0.717, 1.165) is 0 Å². The molecule has 17 heavy (non-hydrogen) atoms. The summed E-state index contributed by atoms with van der Waals surface area (Å²) in [5.74, 6) is 0.561. The average molecular weight is 233 g/mol. The summed E-state index contributed by atoms with van der Waals surface area (Å²) in [7, 11) is 0. The highest BCUT2D eigenvalue weighted by atomic mass is 16.5. The van der Waals surface area contributed by atoms with E-state index in [0.29, 0.717) is 17.0 Å². The fraction of sp³-hybridized carbons (Fsp3) is 0.385. The van der Waals surface area contributed by atoms with Crippen LogP contribution in [0.2, 0.25) is 0 Å². The lowest BCUT2D eigenvalue weighted by Gasteiger charge is -2.32. The van der Waals surface area contributed by atoms with Gasteiger partial charge in [-0.25, -0.2) is 0 Å². The van der Waals surface area contributed by atoms with Crippen molar-refractivity contribution in [3.63, 3.8) is 0 Å². The Morgan fingerprint density at radius 1 is 1.41 bits per heavy atom. The van der Waals surface area contributed by atoms with E-state index in [1.807, 2.05) is 13.8 Å². The number of hydrogen-bond acceptors (Lipinski definition) is 3. The molecule has 0 N–H and O–H groups in total. The van der Waals surface area contributed by atoms with Gasteiger partial charge in [0.05, 0.1) is 5.69 Å². The minimum absolute atomic E-state index is 0.0190. The number of ether oxygens (including phenoxy) is 1. The fourth-order valence-corrected chi connectivity index (χ4v) is 1.96. The summed E-state index contributed by atoms with van der Waals surface area (Å²) in [6.45, 7) is 5.44. The molecule has 1 aromatic carbocycles. The molecular formula is C13H15NO3. The Kier molecular flexibility index (Phi) is 2.88. The number of hydrogen-bond donors (Lipinski definition) is 0. The van der Waals surface area contributed by atoms with Gasteiger partial charge in [-0.2, -0.15) is 0 Å². The van der Waals surface area contributed by atoms with Gasteiger partial charge in [-0.15, -0.1) is 0 Å². The number of fused-ring (bicyclic) bond motifs is 1. The molecule has 0 fully saturated rings. The SMILES string of the molecule is CC(=O)c1ccc2c(c1)N(C(C)C)C(=O)CO2. The topological polar surface area (TPSA) is 46.6 Å². The molecule has 1 amide bonds. The third-order valence-corrected chi connectivity index (χ3v) is 2.76. The van der Waals surface area contributed by atoms with Crippen molar-refractivity contribution in [3.8, 4) is 5.75 Å². The lowest BCUT2D eigenvalue weighted by molar-refractivity contribution is -0.121. The highest BCUT2D eigenvalue weighted by molar-refractivity contribution is 6.01. The molecule has 0 aliphatic carbocycles. The zero-order chi connectivity index (χ0) is 12.6. The van der Waals surface area contributed by atoms with Crippen molar-refractivity contribution >= 4 is 17.4 Å². The summed E-state index contributed by atoms with van der Waals surface area (Å²) in [6, 6.07) is 5.23. The van der Waals surface area contributed by atoms with Gasteiger partial charge in [0.2, 0.25) is 0 Å². The molecule has 4 heteroatoms. The Bertz CT molecular complexity index is 480. The Hall–Kier alpha value is -1.84. The summed E-state index contributed by atoms with van der Waals surface area (Å²) in [5.41, 5.74) is 1.27. The van der Waals surface area contributed by atoms with Gasteiger partial charge >= 0.3 is 0 Å². The molecule has 1 heterocycles. The van der Waals surface area contributed by atoms with Gasteiger partial charge in [-0.1, -0.05) is 0 Å². The van der Waals surface area contributed by atoms with Crippen molar-refractivity contribution in [1.82, 2.24) is 0 Å². The molecule has 1 aliphatic rings. The Morgan fingerprint density at radius 3 is 2.71 bits per heavy atom. The predicted molar refractivity (Wildman–Crippen MR) is 64.6 cm³/mol. The molecule has 0 unspecified atom stereocenters. The van der Waals surface area contributed by atoms with Crippen molar-refractivity contribution in [2.45, 2.75) is 26.8 Å². The van der Waals surface area contributed by atoms with Crippen LogP contribution < -0.4 is 9.64 Å². The van der Waals surface area contributed by atoms with Crippen LogP contribution in [0.3, 0.4) is 0 Å². The third kappa shape index (κ3) is 2.02. The van der Waals surface area contributed by atoms with Crippen LogP contribution >= 0.6 is 0 Å². The van der Waals surface area contributed by atoms with E-state index in [2.05, 4.69) is 0 Å². The Morgan fingerprint density at radius 2 is 2.12 bits per heavy atom. The van der Waals surface area contributed by atoms with Crippen molar-refractivity contribution in [1.29, 1.82) is 0 Å². The largest absolute Gasteiger partial charge is 0.482 e. The van der Waals surface area contributed by atoms with Gasteiger partial charge in [-0.3, -0.25) is 9.59 Å². The molecule has 4 nitrogen and oxygen atoms in total. The van der Waals surface area contributed by atoms with Crippen LogP contribution in [-0.2, 0) is 4.79 Å². The number of Topliss-reactive ketones (excluding diaryl/α,β-unsaturated/α-hetero) is 1. The van der Waals surface area contributed by atoms with E-state index < -0.39 is 0 Å². The van der Waals surface area contributed by atoms with E-state index in [4.69, 9.17) is 4.74 Å². The first-order valence-electron chi connectivity index (χ1n) is 5.60. The van der Waals surface area contributed by atoms with Gasteiger partial charge in [0, 0.05) is 11.6 Å². The van der Waals surface area contributed by atoms with E-state index in [-0.39, 0.29) is 24.3 Å². The summed E-state index contributed by atoms with van der Waals surface area (Å²) in [5, 5.41) is 0. The second kappa shape index (κ2) is 4.20. The van der Waals surface area contributed by atoms with Crippen molar-refractivity contribution in [2.24, 2.45) is 0 Å². The standard InChI is InChI=1S/C13H15NO3/c1-8(2)14-11-6-10(9(3)15)4-5-12(11)17-7-13(14)16/h4-6,8H,7H2,1-3H3. The van der Waals surface area contributed by atoms with Gasteiger partial charge < -0.3 is 9.64 Å². The summed E-state index contributed by atoms with van der Waals surface area (Å²) < 4.78 is 5.35. The second-order valence-electron chi connectivity index (χ2n) is 4.38. The molecule has 1 aliphatic heterocycles. The monoisotopic (exact) mass is 233 g/mol. The van der Waals surface area contributed by atoms with Crippen molar-refractivity contribution in [2.75, 3.05) is 11.5 Å². The van der Waals surface area contributed by atoms with Crippen molar-refractivity contribution in [3.05, 3.63) is 23.8 Å². The highest BCUT2D eigenvalue weighted by Gasteiger charge is 2.27. The fourth-order valence-electron chi connectivity index (χ4n) is 1.96. The number of carbonyl (C=O) groups is 2. The van der Waals surface area contributed by atoms with Crippen LogP contribution in [0.1, 0.15) is 31.1 Å². The molecule has 0 radical (unpaired) electrons. The highest BCUT2D eigenvalue weighted by Crippen LogP contribution is 2.34. The number of carbonyl (C=O) groups excluding carboxylic acids is 2. The smallest absolute Gasteiger partial charge is 0.265 e. The normalized spacial score (nSPS) is 14.6. The van der Waals surface area contributed by atoms with Gasteiger partial charge in [-0.05, 0) is 39.0 Å². The van der Waals surface area contributed by atoms with E-state index in [9.17, 15) is 9.59 Å². The Labute approximate surface area is 100 Å². The maximum absolute atomic E-state index is 11.8. The van der Waals surface area contributed by atoms with Crippen LogP contribution in [0.4, 0.5) is 5.69 Å². The molecule has 1 aromatic rings. The molecule has 0 saturated heterocycles. The van der Waals surface area contributed by atoms with E-state index >= 15 is 0 Å². The lowest BCUT2D eigenvalue weighted by atomic mass is 10.1. The molecular weight excluding hydrogens is 218 g/mol. The number of amides is 1. The minimum Gasteiger partial charge on any atom is -0.482 e. The summed E-state index contributed by atoms with van der Waals surface area (Å²) >= 11 is 0. The van der Waals surface area contributed by atoms with E-state index in [1.165, 1.54) is 6.92 Å².